The molecule has 0 aromatic rings. The van der Waals surface area contributed by atoms with Gasteiger partial charge in [-0.15, -0.1) is 0 Å². The van der Waals surface area contributed by atoms with E-state index in [0.29, 0.717) is 58.7 Å². The number of rotatable bonds is 6. The molecule has 4 aliphatic rings. The Labute approximate surface area is 196 Å². The molecule has 4 nitrogen and oxygen atoms in total. The van der Waals surface area contributed by atoms with Gasteiger partial charge in [0.15, 0.2) is 0 Å². The van der Waals surface area contributed by atoms with Crippen LogP contribution in [-0.4, -0.2) is 46.3 Å². The standard InChI is InChI=1S/C28H49NO3/c1-6-29(7-2)25(32)11-8-18(3)21-9-10-22-26-23(13-15-28(21,22)5)27(4)14-12-20(30)16-19(27)17-24(26)31/h18-24,26,30-31H,6-17H2,1-5H3/t18-,19?,20?,21-,22?,23?,24-,26?,27+,28-/m1/s1. The van der Waals surface area contributed by atoms with E-state index < -0.39 is 0 Å². The molecule has 10 atom stereocenters. The van der Waals surface area contributed by atoms with Crippen LogP contribution in [0.3, 0.4) is 0 Å². The molecule has 4 fully saturated rings. The first kappa shape index (κ1) is 24.5. The van der Waals surface area contributed by atoms with Crippen LogP contribution in [0, 0.1) is 46.3 Å². The van der Waals surface area contributed by atoms with Gasteiger partial charge in [0.25, 0.3) is 0 Å². The van der Waals surface area contributed by atoms with E-state index in [9.17, 15) is 15.0 Å². The monoisotopic (exact) mass is 447 g/mol. The van der Waals surface area contributed by atoms with Crippen LogP contribution < -0.4 is 0 Å². The SMILES string of the molecule is CCN(CC)C(=O)CC[C@@H](C)[C@H]1CCC2C3C(CC[C@@]21C)[C@@]1(C)CCC(O)CC1C[C@H]3O. The van der Waals surface area contributed by atoms with Gasteiger partial charge in [-0.1, -0.05) is 20.8 Å². The zero-order valence-corrected chi connectivity index (χ0v) is 21.4. The van der Waals surface area contributed by atoms with Gasteiger partial charge in [0.05, 0.1) is 12.2 Å². The minimum Gasteiger partial charge on any atom is -0.393 e. The summed E-state index contributed by atoms with van der Waals surface area (Å²) in [6.07, 6.45) is 10.2. The number of aliphatic hydroxyl groups excluding tert-OH is 2. The highest BCUT2D eigenvalue weighted by atomic mass is 16.3. The molecule has 4 heteroatoms. The van der Waals surface area contributed by atoms with Crippen molar-refractivity contribution in [3.63, 3.8) is 0 Å². The summed E-state index contributed by atoms with van der Waals surface area (Å²) in [7, 11) is 0. The smallest absolute Gasteiger partial charge is 0.222 e. The van der Waals surface area contributed by atoms with Gasteiger partial charge in [-0.2, -0.15) is 0 Å². The highest BCUT2D eigenvalue weighted by molar-refractivity contribution is 5.76. The summed E-state index contributed by atoms with van der Waals surface area (Å²) in [5, 5.41) is 21.7. The topological polar surface area (TPSA) is 60.8 Å². The first-order chi connectivity index (χ1) is 15.2. The van der Waals surface area contributed by atoms with E-state index in [1.165, 1.54) is 25.7 Å². The number of hydrogen-bond acceptors (Lipinski definition) is 3. The molecule has 32 heavy (non-hydrogen) atoms. The maximum absolute atomic E-state index is 12.6. The Balaban J connectivity index is 1.47. The molecule has 4 rings (SSSR count). The van der Waals surface area contributed by atoms with Crippen molar-refractivity contribution < 1.29 is 15.0 Å². The normalized spacial score (nSPS) is 46.7. The third-order valence-corrected chi connectivity index (χ3v) is 11.3. The third-order valence-electron chi connectivity index (χ3n) is 11.3. The first-order valence-corrected chi connectivity index (χ1v) is 13.8. The molecule has 184 valence electrons. The summed E-state index contributed by atoms with van der Waals surface area (Å²) < 4.78 is 0. The summed E-state index contributed by atoms with van der Waals surface area (Å²) in [6.45, 7) is 13.2. The quantitative estimate of drug-likeness (QED) is 0.584. The zero-order valence-electron chi connectivity index (χ0n) is 21.4. The number of fused-ring (bicyclic) bond motifs is 5. The zero-order chi connectivity index (χ0) is 23.3. The van der Waals surface area contributed by atoms with Crippen molar-refractivity contribution >= 4 is 5.91 Å². The minimum absolute atomic E-state index is 0.165. The average molecular weight is 448 g/mol. The van der Waals surface area contributed by atoms with Crippen molar-refractivity contribution in [1.82, 2.24) is 4.90 Å². The number of aliphatic hydroxyl groups is 2. The molecule has 4 aliphatic carbocycles. The molecule has 4 saturated carbocycles. The molecule has 0 heterocycles. The van der Waals surface area contributed by atoms with Gasteiger partial charge in [0.2, 0.25) is 5.91 Å². The molecule has 5 unspecified atom stereocenters. The Morgan fingerprint density at radius 1 is 0.969 bits per heavy atom. The van der Waals surface area contributed by atoms with Crippen molar-refractivity contribution in [3.05, 3.63) is 0 Å². The van der Waals surface area contributed by atoms with Crippen LogP contribution in [0.2, 0.25) is 0 Å². The highest BCUT2D eigenvalue weighted by Crippen LogP contribution is 2.68. The molecule has 1 amide bonds. The number of carbonyl (C=O) groups excluding carboxylic acids is 1. The lowest BCUT2D eigenvalue weighted by atomic mass is 9.43. The van der Waals surface area contributed by atoms with Crippen molar-refractivity contribution in [1.29, 1.82) is 0 Å². The van der Waals surface area contributed by atoms with E-state index in [1.807, 2.05) is 4.90 Å². The lowest BCUT2D eigenvalue weighted by Crippen LogP contribution is -2.58. The maximum Gasteiger partial charge on any atom is 0.222 e. The van der Waals surface area contributed by atoms with E-state index in [1.54, 1.807) is 0 Å². The second-order valence-corrected chi connectivity index (χ2v) is 12.5. The molecule has 0 aromatic heterocycles. The Morgan fingerprint density at radius 2 is 1.62 bits per heavy atom. The van der Waals surface area contributed by atoms with Gasteiger partial charge in [-0.05, 0) is 118 Å². The second-order valence-electron chi connectivity index (χ2n) is 12.5. The van der Waals surface area contributed by atoms with Gasteiger partial charge in [-0.25, -0.2) is 0 Å². The Bertz CT molecular complexity index is 678. The summed E-state index contributed by atoms with van der Waals surface area (Å²) in [5.74, 6) is 3.69. The summed E-state index contributed by atoms with van der Waals surface area (Å²) >= 11 is 0. The Morgan fingerprint density at radius 3 is 2.31 bits per heavy atom. The fraction of sp³-hybridized carbons (Fsp3) is 0.964. The van der Waals surface area contributed by atoms with E-state index in [4.69, 9.17) is 0 Å². The van der Waals surface area contributed by atoms with Crippen LogP contribution in [0.15, 0.2) is 0 Å². The van der Waals surface area contributed by atoms with Crippen LogP contribution >= 0.6 is 0 Å². The van der Waals surface area contributed by atoms with E-state index in [2.05, 4.69) is 34.6 Å². The van der Waals surface area contributed by atoms with E-state index in [0.717, 1.165) is 45.2 Å². The molecule has 0 spiro atoms. The molecule has 0 bridgehead atoms. The van der Waals surface area contributed by atoms with E-state index in [-0.39, 0.29) is 12.2 Å². The summed E-state index contributed by atoms with van der Waals surface area (Å²) in [5.41, 5.74) is 0.599. The van der Waals surface area contributed by atoms with Crippen LogP contribution in [0.1, 0.15) is 98.8 Å². The fourth-order valence-corrected chi connectivity index (χ4v) is 9.46. The van der Waals surface area contributed by atoms with Crippen molar-refractivity contribution in [3.8, 4) is 0 Å². The maximum atomic E-state index is 12.6. The summed E-state index contributed by atoms with van der Waals surface area (Å²) in [6, 6.07) is 0. The predicted octanol–water partition coefficient (Wildman–Crippen LogP) is 5.26. The van der Waals surface area contributed by atoms with Gasteiger partial charge in [0.1, 0.15) is 0 Å². The van der Waals surface area contributed by atoms with Crippen LogP contribution in [0.4, 0.5) is 0 Å². The van der Waals surface area contributed by atoms with Crippen molar-refractivity contribution in [2.45, 2.75) is 111 Å². The number of nitrogens with zero attached hydrogens (tertiary/aromatic N) is 1. The largest absolute Gasteiger partial charge is 0.393 e. The third kappa shape index (κ3) is 3.96. The number of hydrogen-bond donors (Lipinski definition) is 2. The fourth-order valence-electron chi connectivity index (χ4n) is 9.46. The Kier molecular flexibility index (Phi) is 7.05. The Hall–Kier alpha value is -0.610. The van der Waals surface area contributed by atoms with Crippen LogP contribution in [0.5, 0.6) is 0 Å². The molecule has 0 aliphatic heterocycles. The lowest BCUT2D eigenvalue weighted by Gasteiger charge is -2.62. The van der Waals surface area contributed by atoms with Gasteiger partial charge < -0.3 is 15.1 Å². The molecule has 2 N–H and O–H groups in total. The molecular formula is C28H49NO3. The minimum atomic E-state index is -0.202. The van der Waals surface area contributed by atoms with Crippen LogP contribution in [0.25, 0.3) is 0 Å². The number of amides is 1. The van der Waals surface area contributed by atoms with Gasteiger partial charge in [-0.3, -0.25) is 4.79 Å². The molecule has 0 radical (unpaired) electrons. The molecular weight excluding hydrogens is 398 g/mol. The first-order valence-electron chi connectivity index (χ1n) is 13.8. The second kappa shape index (κ2) is 9.21. The van der Waals surface area contributed by atoms with E-state index >= 15 is 0 Å². The molecule has 0 aromatic carbocycles. The van der Waals surface area contributed by atoms with Crippen molar-refractivity contribution in [2.24, 2.45) is 46.3 Å². The lowest BCUT2D eigenvalue weighted by molar-refractivity contribution is -0.174. The highest BCUT2D eigenvalue weighted by Gasteiger charge is 2.62. The van der Waals surface area contributed by atoms with Gasteiger partial charge >= 0.3 is 0 Å². The van der Waals surface area contributed by atoms with Crippen molar-refractivity contribution in [2.75, 3.05) is 13.1 Å². The number of carbonyl (C=O) groups is 1. The summed E-state index contributed by atoms with van der Waals surface area (Å²) in [4.78, 5) is 14.6. The average Bonchev–Trinajstić information content (AvgIpc) is 3.11. The molecule has 0 saturated heterocycles. The van der Waals surface area contributed by atoms with Gasteiger partial charge in [0, 0.05) is 19.5 Å². The van der Waals surface area contributed by atoms with Crippen LogP contribution in [-0.2, 0) is 4.79 Å². The predicted molar refractivity (Wildman–Crippen MR) is 129 cm³/mol.